The normalized spacial score (nSPS) is 30.5. The summed E-state index contributed by atoms with van der Waals surface area (Å²) in [5.41, 5.74) is -0.0787. The molecule has 1 aliphatic rings. The zero-order valence-electron chi connectivity index (χ0n) is 3.11. The summed E-state index contributed by atoms with van der Waals surface area (Å²) in [6.07, 6.45) is 2.52. The molecule has 6 heavy (non-hydrogen) atoms. The molecule has 1 unspecified atom stereocenters. The number of aliphatic imine (C=N–C) groups is 1. The van der Waals surface area contributed by atoms with Gasteiger partial charge in [0.1, 0.15) is 5.50 Å². The van der Waals surface area contributed by atoms with Crippen LogP contribution in [-0.4, -0.2) is 18.4 Å². The molecule has 1 heterocycles. The third-order valence-electron chi connectivity index (χ3n) is 0.554. The molecule has 1 atom stereocenters. The van der Waals surface area contributed by atoms with Gasteiger partial charge < -0.3 is 5.32 Å². The third kappa shape index (κ3) is 0.627. The van der Waals surface area contributed by atoms with Crippen LogP contribution in [0.3, 0.4) is 0 Å². The summed E-state index contributed by atoms with van der Waals surface area (Å²) in [4.78, 5) is 3.64. The molecule has 2 nitrogen and oxygen atoms in total. The molecule has 0 aliphatic carbocycles. The van der Waals surface area contributed by atoms with Gasteiger partial charge in [-0.2, -0.15) is 0 Å². The Labute approximate surface area is 41.2 Å². The van der Waals surface area contributed by atoms with E-state index in [1.807, 2.05) is 0 Å². The lowest BCUT2D eigenvalue weighted by molar-refractivity contribution is 0.903. The van der Waals surface area contributed by atoms with Crippen molar-refractivity contribution in [3.63, 3.8) is 0 Å². The van der Waals surface area contributed by atoms with Crippen LogP contribution in [0.1, 0.15) is 0 Å². The SMILES string of the molecule is ClC1CN[C]=N1. The van der Waals surface area contributed by atoms with E-state index >= 15 is 0 Å². The van der Waals surface area contributed by atoms with E-state index in [0.29, 0.717) is 0 Å². The molecule has 0 aromatic heterocycles. The molecule has 0 saturated heterocycles. The van der Waals surface area contributed by atoms with Gasteiger partial charge in [0.25, 0.3) is 0 Å². The monoisotopic (exact) mass is 103 g/mol. The average molecular weight is 104 g/mol. The number of nitrogens with zero attached hydrogens (tertiary/aromatic N) is 1. The Bertz CT molecular complexity index is 71.2. The van der Waals surface area contributed by atoms with E-state index in [2.05, 4.69) is 16.6 Å². The van der Waals surface area contributed by atoms with E-state index in [4.69, 9.17) is 11.6 Å². The third-order valence-corrected chi connectivity index (χ3v) is 0.806. The molecule has 0 aromatic carbocycles. The van der Waals surface area contributed by atoms with Gasteiger partial charge in [-0.25, -0.2) is 4.99 Å². The van der Waals surface area contributed by atoms with Crippen molar-refractivity contribution in [2.45, 2.75) is 5.50 Å². The van der Waals surface area contributed by atoms with Crippen molar-refractivity contribution in [2.24, 2.45) is 4.99 Å². The van der Waals surface area contributed by atoms with Gasteiger partial charge in [0.2, 0.25) is 0 Å². The van der Waals surface area contributed by atoms with Crippen molar-refractivity contribution in [3.8, 4) is 0 Å². The van der Waals surface area contributed by atoms with Crippen molar-refractivity contribution in [1.82, 2.24) is 5.32 Å². The highest BCUT2D eigenvalue weighted by Gasteiger charge is 2.02. The fraction of sp³-hybridized carbons (Fsp3) is 0.667. The van der Waals surface area contributed by atoms with E-state index in [1.165, 1.54) is 0 Å². The Morgan fingerprint density at radius 3 is 3.00 bits per heavy atom. The van der Waals surface area contributed by atoms with Gasteiger partial charge in [-0.3, -0.25) is 0 Å². The average Bonchev–Trinajstić information content (AvgIpc) is 1.86. The van der Waals surface area contributed by atoms with Crippen LogP contribution in [0, 0.1) is 0 Å². The van der Waals surface area contributed by atoms with Gasteiger partial charge >= 0.3 is 0 Å². The Morgan fingerprint density at radius 2 is 2.83 bits per heavy atom. The summed E-state index contributed by atoms with van der Waals surface area (Å²) >= 11 is 5.42. The Kier molecular flexibility index (Phi) is 0.965. The first kappa shape index (κ1) is 3.93. The van der Waals surface area contributed by atoms with Crippen LogP contribution < -0.4 is 5.32 Å². The smallest absolute Gasteiger partial charge is 0.165 e. The molecule has 1 rings (SSSR count). The van der Waals surface area contributed by atoms with Gasteiger partial charge in [-0.15, -0.1) is 0 Å². The number of halogens is 1. The van der Waals surface area contributed by atoms with Crippen LogP contribution in [0.4, 0.5) is 0 Å². The number of hydrogen-bond acceptors (Lipinski definition) is 2. The summed E-state index contributed by atoms with van der Waals surface area (Å²) in [5, 5.41) is 2.72. The van der Waals surface area contributed by atoms with E-state index in [1.54, 1.807) is 0 Å². The second kappa shape index (κ2) is 1.47. The minimum absolute atomic E-state index is 0.0787. The molecule has 1 N–H and O–H groups in total. The molecule has 0 spiro atoms. The molecule has 0 bridgehead atoms. The number of nitrogens with one attached hydrogen (secondary N) is 1. The highest BCUT2D eigenvalue weighted by Crippen LogP contribution is 1.96. The van der Waals surface area contributed by atoms with E-state index < -0.39 is 0 Å². The Hall–Kier alpha value is -0.240. The Balaban J connectivity index is 2.38. The van der Waals surface area contributed by atoms with Crippen LogP contribution in [0.5, 0.6) is 0 Å². The lowest BCUT2D eigenvalue weighted by atomic mass is 10.7. The van der Waals surface area contributed by atoms with Crippen LogP contribution >= 0.6 is 11.6 Å². The van der Waals surface area contributed by atoms with Crippen LogP contribution in [0.2, 0.25) is 0 Å². The topological polar surface area (TPSA) is 24.4 Å². The largest absolute Gasteiger partial charge is 0.364 e. The first-order valence-corrected chi connectivity index (χ1v) is 2.15. The lowest BCUT2D eigenvalue weighted by Gasteiger charge is -1.86. The minimum atomic E-state index is -0.0787. The molecule has 1 aliphatic heterocycles. The molecular formula is C3H4ClN2. The first-order chi connectivity index (χ1) is 2.89. The molecule has 0 aromatic rings. The maximum absolute atomic E-state index is 5.42. The number of hydrogen-bond donors (Lipinski definition) is 1. The molecule has 0 fully saturated rings. The van der Waals surface area contributed by atoms with Crippen molar-refractivity contribution in [1.29, 1.82) is 0 Å². The summed E-state index contributed by atoms with van der Waals surface area (Å²) in [7, 11) is 0. The number of rotatable bonds is 0. The zero-order chi connectivity index (χ0) is 4.41. The van der Waals surface area contributed by atoms with Crippen molar-refractivity contribution >= 4 is 17.9 Å². The summed E-state index contributed by atoms with van der Waals surface area (Å²) in [6.45, 7) is 0.724. The van der Waals surface area contributed by atoms with E-state index in [9.17, 15) is 0 Å². The van der Waals surface area contributed by atoms with Gasteiger partial charge in [0.15, 0.2) is 6.34 Å². The highest BCUT2D eigenvalue weighted by atomic mass is 35.5. The summed E-state index contributed by atoms with van der Waals surface area (Å²) in [6, 6.07) is 0. The molecule has 0 amide bonds. The summed E-state index contributed by atoms with van der Waals surface area (Å²) < 4.78 is 0. The maximum Gasteiger partial charge on any atom is 0.165 e. The van der Waals surface area contributed by atoms with Crippen LogP contribution in [0.15, 0.2) is 4.99 Å². The zero-order valence-corrected chi connectivity index (χ0v) is 3.87. The van der Waals surface area contributed by atoms with E-state index in [0.717, 1.165) is 6.54 Å². The molecule has 0 saturated carbocycles. The van der Waals surface area contributed by atoms with Gasteiger partial charge in [-0.1, -0.05) is 11.6 Å². The molecule has 33 valence electrons. The number of alkyl halides is 1. The lowest BCUT2D eigenvalue weighted by Crippen LogP contribution is -2.09. The predicted molar refractivity (Wildman–Crippen MR) is 25.1 cm³/mol. The second-order valence-corrected chi connectivity index (χ2v) is 1.56. The van der Waals surface area contributed by atoms with Crippen LogP contribution in [-0.2, 0) is 0 Å². The molecule has 1 radical (unpaired) electrons. The van der Waals surface area contributed by atoms with Crippen molar-refractivity contribution < 1.29 is 0 Å². The predicted octanol–water partition coefficient (Wildman–Crippen LogP) is 0.0598. The maximum atomic E-state index is 5.42. The molecule has 3 heteroatoms. The Morgan fingerprint density at radius 1 is 2.00 bits per heavy atom. The molecular weight excluding hydrogens is 99.5 g/mol. The standard InChI is InChI=1S/C3H4ClN2/c4-3-1-5-2-6-3/h3H,1H2,(H,5,6). The van der Waals surface area contributed by atoms with Crippen molar-refractivity contribution in [2.75, 3.05) is 6.54 Å². The van der Waals surface area contributed by atoms with Crippen LogP contribution in [0.25, 0.3) is 0 Å². The van der Waals surface area contributed by atoms with Crippen molar-refractivity contribution in [3.05, 3.63) is 0 Å². The highest BCUT2D eigenvalue weighted by molar-refractivity contribution is 6.21. The second-order valence-electron chi connectivity index (χ2n) is 1.06. The minimum Gasteiger partial charge on any atom is -0.364 e. The fourth-order valence-electron chi connectivity index (χ4n) is 0.291. The van der Waals surface area contributed by atoms with E-state index in [-0.39, 0.29) is 5.50 Å². The fourth-order valence-corrected chi connectivity index (χ4v) is 0.417. The van der Waals surface area contributed by atoms with Gasteiger partial charge in [0.05, 0.1) is 6.54 Å². The van der Waals surface area contributed by atoms with Gasteiger partial charge in [0, 0.05) is 0 Å². The first-order valence-electron chi connectivity index (χ1n) is 1.71. The summed E-state index contributed by atoms with van der Waals surface area (Å²) in [5.74, 6) is 0. The van der Waals surface area contributed by atoms with Gasteiger partial charge in [-0.05, 0) is 0 Å². The quantitative estimate of drug-likeness (QED) is 0.340.